The first-order valence-electron chi connectivity index (χ1n) is 7.91. The monoisotopic (exact) mass is 389 g/mol. The Morgan fingerprint density at radius 1 is 1.29 bits per heavy atom. The molecule has 5 nitrogen and oxygen atoms in total. The van der Waals surface area contributed by atoms with Crippen LogP contribution >= 0.6 is 15.9 Å². The van der Waals surface area contributed by atoms with Gasteiger partial charge in [-0.3, -0.25) is 0 Å². The maximum atomic E-state index is 12.2. The molecule has 0 atom stereocenters. The van der Waals surface area contributed by atoms with Gasteiger partial charge in [-0.1, -0.05) is 22.0 Å². The highest BCUT2D eigenvalue weighted by Gasteiger charge is 2.24. The summed E-state index contributed by atoms with van der Waals surface area (Å²) in [6.07, 6.45) is 4.12. The van der Waals surface area contributed by atoms with E-state index in [9.17, 15) is 4.79 Å². The van der Waals surface area contributed by atoms with Crippen molar-refractivity contribution in [3.05, 3.63) is 40.8 Å². The van der Waals surface area contributed by atoms with Gasteiger partial charge in [0.2, 0.25) is 0 Å². The molecule has 6 heteroatoms. The van der Waals surface area contributed by atoms with Crippen molar-refractivity contribution < 1.29 is 9.53 Å². The van der Waals surface area contributed by atoms with Crippen molar-refractivity contribution in [2.45, 2.75) is 32.8 Å². The summed E-state index contributed by atoms with van der Waals surface area (Å²) in [5, 5.41) is 1.02. The lowest BCUT2D eigenvalue weighted by atomic mass is 10.0. The Balaban J connectivity index is 1.83. The van der Waals surface area contributed by atoms with E-state index < -0.39 is 5.60 Å². The minimum atomic E-state index is -0.476. The summed E-state index contributed by atoms with van der Waals surface area (Å²) < 4.78 is 6.43. The summed E-state index contributed by atoms with van der Waals surface area (Å²) in [7, 11) is 0. The third-order valence-corrected chi connectivity index (χ3v) is 4.26. The molecule has 0 unspecified atom stereocenters. The van der Waals surface area contributed by atoms with Gasteiger partial charge in [0, 0.05) is 22.9 Å². The van der Waals surface area contributed by atoms with Gasteiger partial charge in [0.05, 0.1) is 11.2 Å². The SMILES string of the molecule is CC(C)(C)OC(=O)N1CC=C(c2ncnc3ccc(Br)cc23)CC1. The van der Waals surface area contributed by atoms with Crippen LogP contribution in [0.1, 0.15) is 32.9 Å². The summed E-state index contributed by atoms with van der Waals surface area (Å²) in [5.41, 5.74) is 2.51. The first-order chi connectivity index (χ1) is 11.3. The zero-order valence-electron chi connectivity index (χ0n) is 14.0. The second-order valence-corrected chi connectivity index (χ2v) is 7.71. The molecule has 1 aromatic carbocycles. The molecular formula is C18H20BrN3O2. The second kappa shape index (κ2) is 6.51. The molecule has 0 N–H and O–H groups in total. The largest absolute Gasteiger partial charge is 0.444 e. The highest BCUT2D eigenvalue weighted by molar-refractivity contribution is 9.10. The fraction of sp³-hybridized carbons (Fsp3) is 0.389. The Hall–Kier alpha value is -1.95. The zero-order chi connectivity index (χ0) is 17.3. The van der Waals surface area contributed by atoms with Crippen LogP contribution in [0.5, 0.6) is 0 Å². The number of amides is 1. The molecule has 0 aliphatic carbocycles. The maximum Gasteiger partial charge on any atom is 0.410 e. The quantitative estimate of drug-likeness (QED) is 0.724. The molecule has 0 spiro atoms. The summed E-state index contributed by atoms with van der Waals surface area (Å²) in [6, 6.07) is 5.98. The zero-order valence-corrected chi connectivity index (χ0v) is 15.6. The number of hydrogen-bond acceptors (Lipinski definition) is 4. The van der Waals surface area contributed by atoms with E-state index in [-0.39, 0.29) is 6.09 Å². The van der Waals surface area contributed by atoms with Crippen LogP contribution < -0.4 is 0 Å². The van der Waals surface area contributed by atoms with Crippen molar-refractivity contribution in [1.29, 1.82) is 0 Å². The normalized spacial score (nSPS) is 15.3. The van der Waals surface area contributed by atoms with Gasteiger partial charge in [-0.2, -0.15) is 0 Å². The standard InChI is InChI=1S/C18H20BrN3O2/c1-18(2,3)24-17(23)22-8-6-12(7-9-22)16-14-10-13(19)4-5-15(14)20-11-21-16/h4-6,10-11H,7-9H2,1-3H3. The summed E-state index contributed by atoms with van der Waals surface area (Å²) in [5.74, 6) is 0. The van der Waals surface area contributed by atoms with Crippen molar-refractivity contribution in [1.82, 2.24) is 14.9 Å². The molecule has 1 aliphatic heterocycles. The molecular weight excluding hydrogens is 370 g/mol. The van der Waals surface area contributed by atoms with Crippen molar-refractivity contribution in [3.63, 3.8) is 0 Å². The lowest BCUT2D eigenvalue weighted by Crippen LogP contribution is -2.39. The molecule has 1 amide bonds. The van der Waals surface area contributed by atoms with Crippen molar-refractivity contribution in [2.24, 2.45) is 0 Å². The highest BCUT2D eigenvalue weighted by Crippen LogP contribution is 2.28. The molecule has 1 aliphatic rings. The Bertz CT molecular complexity index is 812. The molecule has 0 bridgehead atoms. The Morgan fingerprint density at radius 2 is 2.08 bits per heavy atom. The van der Waals surface area contributed by atoms with E-state index >= 15 is 0 Å². The van der Waals surface area contributed by atoms with Crippen molar-refractivity contribution in [2.75, 3.05) is 13.1 Å². The van der Waals surface area contributed by atoms with Gasteiger partial charge in [-0.25, -0.2) is 14.8 Å². The fourth-order valence-corrected chi connectivity index (χ4v) is 3.02. The molecule has 0 fully saturated rings. The Labute approximate surface area is 149 Å². The van der Waals surface area contributed by atoms with E-state index in [1.807, 2.05) is 39.0 Å². The van der Waals surface area contributed by atoms with Gasteiger partial charge in [0.25, 0.3) is 0 Å². The summed E-state index contributed by atoms with van der Waals surface area (Å²) in [6.45, 7) is 6.78. The van der Waals surface area contributed by atoms with Crippen LogP contribution in [0, 0.1) is 0 Å². The predicted molar refractivity (Wildman–Crippen MR) is 97.6 cm³/mol. The van der Waals surface area contributed by atoms with Crippen molar-refractivity contribution in [3.8, 4) is 0 Å². The highest BCUT2D eigenvalue weighted by atomic mass is 79.9. The minimum absolute atomic E-state index is 0.270. The maximum absolute atomic E-state index is 12.2. The number of carbonyl (C=O) groups excluding carboxylic acids is 1. The van der Waals surface area contributed by atoms with Crippen LogP contribution in [0.2, 0.25) is 0 Å². The lowest BCUT2D eigenvalue weighted by molar-refractivity contribution is 0.0270. The smallest absolute Gasteiger partial charge is 0.410 e. The predicted octanol–water partition coefficient (Wildman–Crippen LogP) is 4.42. The van der Waals surface area contributed by atoms with E-state index in [0.29, 0.717) is 13.1 Å². The second-order valence-electron chi connectivity index (χ2n) is 6.79. The average molecular weight is 390 g/mol. The van der Waals surface area contributed by atoms with Crippen LogP contribution in [0.15, 0.2) is 35.1 Å². The number of ether oxygens (including phenoxy) is 1. The molecule has 3 rings (SSSR count). The van der Waals surface area contributed by atoms with Gasteiger partial charge in [0.1, 0.15) is 11.9 Å². The van der Waals surface area contributed by atoms with Crippen LogP contribution in [0.4, 0.5) is 4.79 Å². The molecule has 2 heterocycles. The number of nitrogens with zero attached hydrogens (tertiary/aromatic N) is 3. The van der Waals surface area contributed by atoms with E-state index in [1.54, 1.807) is 11.2 Å². The number of benzene rings is 1. The third-order valence-electron chi connectivity index (χ3n) is 3.76. The molecule has 0 saturated heterocycles. The number of carbonyl (C=O) groups is 1. The number of hydrogen-bond donors (Lipinski definition) is 0. The number of halogens is 1. The molecule has 0 saturated carbocycles. The molecule has 24 heavy (non-hydrogen) atoms. The van der Waals surface area contributed by atoms with E-state index in [2.05, 4.69) is 32.0 Å². The van der Waals surface area contributed by atoms with Crippen molar-refractivity contribution >= 4 is 38.5 Å². The average Bonchev–Trinajstić information content (AvgIpc) is 2.53. The minimum Gasteiger partial charge on any atom is -0.444 e. The summed E-state index contributed by atoms with van der Waals surface area (Å²) in [4.78, 5) is 22.7. The number of fused-ring (bicyclic) bond motifs is 1. The van der Waals surface area contributed by atoms with Crippen LogP contribution in [-0.4, -0.2) is 39.7 Å². The van der Waals surface area contributed by atoms with Crippen LogP contribution in [0.3, 0.4) is 0 Å². The Morgan fingerprint density at radius 3 is 2.75 bits per heavy atom. The molecule has 0 radical (unpaired) electrons. The Kier molecular flexibility index (Phi) is 4.58. The van der Waals surface area contributed by atoms with Gasteiger partial charge in [0.15, 0.2) is 0 Å². The van der Waals surface area contributed by atoms with Gasteiger partial charge >= 0.3 is 6.09 Å². The van der Waals surface area contributed by atoms with Gasteiger partial charge in [-0.05, 0) is 51.0 Å². The third kappa shape index (κ3) is 3.75. The lowest BCUT2D eigenvalue weighted by Gasteiger charge is -2.29. The molecule has 1 aromatic heterocycles. The van der Waals surface area contributed by atoms with Crippen LogP contribution in [0.25, 0.3) is 16.5 Å². The van der Waals surface area contributed by atoms with Crippen LogP contribution in [-0.2, 0) is 4.74 Å². The number of aromatic nitrogens is 2. The molecule has 126 valence electrons. The van der Waals surface area contributed by atoms with Gasteiger partial charge < -0.3 is 9.64 Å². The van der Waals surface area contributed by atoms with E-state index in [4.69, 9.17) is 4.74 Å². The fourth-order valence-electron chi connectivity index (χ4n) is 2.66. The molecule has 2 aromatic rings. The topological polar surface area (TPSA) is 55.3 Å². The first-order valence-corrected chi connectivity index (χ1v) is 8.70. The van der Waals surface area contributed by atoms with E-state index in [1.165, 1.54) is 0 Å². The van der Waals surface area contributed by atoms with Gasteiger partial charge in [-0.15, -0.1) is 0 Å². The number of rotatable bonds is 1. The van der Waals surface area contributed by atoms with E-state index in [0.717, 1.165) is 33.1 Å². The first kappa shape index (κ1) is 16.9. The summed E-state index contributed by atoms with van der Waals surface area (Å²) >= 11 is 3.50.